The summed E-state index contributed by atoms with van der Waals surface area (Å²) < 4.78 is 4.94. The average Bonchev–Trinajstić information content (AvgIpc) is 3.25. The van der Waals surface area contributed by atoms with Crippen LogP contribution in [0.2, 0.25) is 0 Å². The van der Waals surface area contributed by atoms with Crippen molar-refractivity contribution in [1.82, 2.24) is 10.2 Å². The summed E-state index contributed by atoms with van der Waals surface area (Å²) >= 11 is 0. The number of nitrogens with zero attached hydrogens (tertiary/aromatic N) is 1. The number of fused-ring (bicyclic) bond motifs is 5. The van der Waals surface area contributed by atoms with Gasteiger partial charge in [0.15, 0.2) is 0 Å². The molecule has 4 heteroatoms. The van der Waals surface area contributed by atoms with Crippen LogP contribution in [0.1, 0.15) is 111 Å². The van der Waals surface area contributed by atoms with Gasteiger partial charge in [-0.1, -0.05) is 27.2 Å². The maximum absolute atomic E-state index is 11.8. The van der Waals surface area contributed by atoms with Crippen LogP contribution < -0.4 is 5.32 Å². The van der Waals surface area contributed by atoms with E-state index in [2.05, 4.69) is 31.0 Å². The molecule has 1 heterocycles. The predicted molar refractivity (Wildman–Crippen MR) is 148 cm³/mol. The van der Waals surface area contributed by atoms with Gasteiger partial charge >= 0.3 is 5.97 Å². The first-order valence-electron chi connectivity index (χ1n) is 15.9. The number of likely N-dealkylation sites (tertiary alicyclic amines) is 1. The molecule has 0 aromatic heterocycles. The maximum atomic E-state index is 11.8. The zero-order valence-corrected chi connectivity index (χ0v) is 24.0. The molecule has 206 valence electrons. The zero-order chi connectivity index (χ0) is 25.3. The summed E-state index contributed by atoms with van der Waals surface area (Å²) in [6, 6.07) is 0.754. The van der Waals surface area contributed by atoms with Gasteiger partial charge in [0.2, 0.25) is 0 Å². The number of piperidine rings is 1. The molecule has 0 spiro atoms. The van der Waals surface area contributed by atoms with Crippen molar-refractivity contribution >= 4 is 5.97 Å². The van der Waals surface area contributed by atoms with Crippen molar-refractivity contribution < 1.29 is 9.53 Å². The van der Waals surface area contributed by atoms with Gasteiger partial charge in [-0.05, 0) is 136 Å². The van der Waals surface area contributed by atoms with E-state index in [1.807, 2.05) is 0 Å². The highest BCUT2D eigenvalue weighted by Crippen LogP contribution is 2.68. The van der Waals surface area contributed by atoms with Gasteiger partial charge in [-0.2, -0.15) is 0 Å². The zero-order valence-electron chi connectivity index (χ0n) is 24.0. The van der Waals surface area contributed by atoms with Crippen molar-refractivity contribution in [3.05, 3.63) is 0 Å². The minimum absolute atomic E-state index is 0.0342. The van der Waals surface area contributed by atoms with Crippen LogP contribution in [0.15, 0.2) is 0 Å². The summed E-state index contributed by atoms with van der Waals surface area (Å²) in [5.74, 6) is 5.14. The summed E-state index contributed by atoms with van der Waals surface area (Å²) in [5.41, 5.74) is 1.07. The van der Waals surface area contributed by atoms with Crippen LogP contribution in [0.5, 0.6) is 0 Å². The van der Waals surface area contributed by atoms with Crippen molar-refractivity contribution in [3.63, 3.8) is 0 Å². The van der Waals surface area contributed by atoms with E-state index in [4.69, 9.17) is 4.74 Å². The number of nitrogens with one attached hydrogen (secondary N) is 1. The molecule has 5 fully saturated rings. The van der Waals surface area contributed by atoms with Gasteiger partial charge in [-0.15, -0.1) is 0 Å². The predicted octanol–water partition coefficient (Wildman–Crippen LogP) is 6.68. The molecule has 1 aliphatic heterocycles. The molecule has 4 nitrogen and oxygen atoms in total. The fourth-order valence-corrected chi connectivity index (χ4v) is 10.7. The minimum atomic E-state index is -0.0342. The monoisotopic (exact) mass is 500 g/mol. The molecule has 0 aromatic rings. The molecule has 4 saturated carbocycles. The van der Waals surface area contributed by atoms with E-state index in [-0.39, 0.29) is 5.97 Å². The lowest BCUT2D eigenvalue weighted by molar-refractivity contribution is -0.141. The second-order valence-corrected chi connectivity index (χ2v) is 14.3. The Morgan fingerprint density at radius 3 is 2.50 bits per heavy atom. The van der Waals surface area contributed by atoms with E-state index in [1.165, 1.54) is 110 Å². The Kier molecular flexibility index (Phi) is 8.43. The number of esters is 1. The molecule has 1 N–H and O–H groups in total. The molecule has 36 heavy (non-hydrogen) atoms. The lowest BCUT2D eigenvalue weighted by Gasteiger charge is -2.61. The summed E-state index contributed by atoms with van der Waals surface area (Å²) in [7, 11) is 1.53. The Morgan fingerprint density at radius 1 is 0.972 bits per heavy atom. The van der Waals surface area contributed by atoms with Crippen LogP contribution in [0.25, 0.3) is 0 Å². The topological polar surface area (TPSA) is 41.6 Å². The third kappa shape index (κ3) is 5.16. The molecule has 0 bridgehead atoms. The Labute approximate surface area is 222 Å². The molecule has 0 radical (unpaired) electrons. The van der Waals surface area contributed by atoms with Gasteiger partial charge in [0.05, 0.1) is 7.11 Å². The summed E-state index contributed by atoms with van der Waals surface area (Å²) in [4.78, 5) is 14.5. The fraction of sp³-hybridized carbons (Fsp3) is 0.969. The van der Waals surface area contributed by atoms with Gasteiger partial charge in [-0.3, -0.25) is 4.79 Å². The third-order valence-electron chi connectivity index (χ3n) is 12.8. The molecule has 9 unspecified atom stereocenters. The minimum Gasteiger partial charge on any atom is -0.469 e. The van der Waals surface area contributed by atoms with Gasteiger partial charge in [0.25, 0.3) is 0 Å². The number of methoxy groups -OCH3 is 1. The van der Waals surface area contributed by atoms with Crippen LogP contribution in [0, 0.1) is 46.3 Å². The first-order valence-corrected chi connectivity index (χ1v) is 15.9. The number of carbonyl (C=O) groups is 1. The molecule has 4 aliphatic carbocycles. The second-order valence-electron chi connectivity index (χ2n) is 14.3. The first-order chi connectivity index (χ1) is 17.3. The van der Waals surface area contributed by atoms with Crippen LogP contribution in [0.4, 0.5) is 0 Å². The highest BCUT2D eigenvalue weighted by molar-refractivity contribution is 5.69. The molecule has 9 atom stereocenters. The van der Waals surface area contributed by atoms with Gasteiger partial charge < -0.3 is 15.0 Å². The van der Waals surface area contributed by atoms with Crippen LogP contribution in [-0.2, 0) is 9.53 Å². The number of carbonyl (C=O) groups excluding carboxylic acids is 1. The van der Waals surface area contributed by atoms with Crippen molar-refractivity contribution in [2.24, 2.45) is 46.3 Å². The number of rotatable bonds is 8. The molecule has 5 rings (SSSR count). The number of hydrogen-bond donors (Lipinski definition) is 1. The Bertz CT molecular complexity index is 750. The highest BCUT2D eigenvalue weighted by atomic mass is 16.5. The molecule has 5 aliphatic rings. The number of hydrogen-bond acceptors (Lipinski definition) is 4. The van der Waals surface area contributed by atoms with E-state index >= 15 is 0 Å². The Hall–Kier alpha value is -0.610. The van der Waals surface area contributed by atoms with Crippen molar-refractivity contribution in [1.29, 1.82) is 0 Å². The largest absolute Gasteiger partial charge is 0.469 e. The van der Waals surface area contributed by atoms with Gasteiger partial charge in [-0.25, -0.2) is 0 Å². The molecular weight excluding hydrogens is 444 g/mol. The van der Waals surface area contributed by atoms with E-state index in [1.54, 1.807) is 0 Å². The molecule has 0 amide bonds. The van der Waals surface area contributed by atoms with E-state index in [9.17, 15) is 4.79 Å². The SMILES string of the molecule is COC(=O)CCC(C)C1CCC2C3CCC4CC(NCCN5CCCCC5)CCC4(C)C3CCC12C. The first kappa shape index (κ1) is 27.0. The highest BCUT2D eigenvalue weighted by Gasteiger charge is 2.60. The van der Waals surface area contributed by atoms with E-state index < -0.39 is 0 Å². The maximum Gasteiger partial charge on any atom is 0.305 e. The summed E-state index contributed by atoms with van der Waals surface area (Å²) in [6.45, 7) is 12.9. The van der Waals surface area contributed by atoms with E-state index in [0.717, 1.165) is 42.1 Å². The second kappa shape index (κ2) is 11.2. The third-order valence-corrected chi connectivity index (χ3v) is 12.8. The van der Waals surface area contributed by atoms with Crippen LogP contribution >= 0.6 is 0 Å². The molecule has 1 saturated heterocycles. The van der Waals surface area contributed by atoms with Crippen molar-refractivity contribution in [2.75, 3.05) is 33.3 Å². The smallest absolute Gasteiger partial charge is 0.305 e. The normalized spacial score (nSPS) is 43.8. The molecular formula is C32H56N2O2. The lowest BCUT2D eigenvalue weighted by Crippen LogP contribution is -2.55. The van der Waals surface area contributed by atoms with Crippen molar-refractivity contribution in [3.8, 4) is 0 Å². The number of ether oxygens (including phenoxy) is 1. The van der Waals surface area contributed by atoms with Crippen LogP contribution in [-0.4, -0.2) is 50.2 Å². The van der Waals surface area contributed by atoms with Crippen molar-refractivity contribution in [2.45, 2.75) is 117 Å². The lowest BCUT2D eigenvalue weighted by atomic mass is 9.44. The van der Waals surface area contributed by atoms with Crippen LogP contribution in [0.3, 0.4) is 0 Å². The van der Waals surface area contributed by atoms with Gasteiger partial charge in [0.1, 0.15) is 0 Å². The summed E-state index contributed by atoms with van der Waals surface area (Å²) in [5, 5.41) is 4.00. The molecule has 0 aromatic carbocycles. The Morgan fingerprint density at radius 2 is 1.72 bits per heavy atom. The Balaban J connectivity index is 1.16. The van der Waals surface area contributed by atoms with Gasteiger partial charge in [0, 0.05) is 25.6 Å². The fourth-order valence-electron chi connectivity index (χ4n) is 10.7. The van der Waals surface area contributed by atoms with E-state index in [0.29, 0.717) is 23.2 Å². The quantitative estimate of drug-likeness (QED) is 0.378. The summed E-state index contributed by atoms with van der Waals surface area (Å²) in [6.07, 6.45) is 18.7. The average molecular weight is 501 g/mol. The standard InChI is InChI=1S/C32H56N2O2/c1-23(8-13-30(35)36-4)27-11-12-28-26-10-9-24-22-25(33-18-21-34-19-6-5-7-20-34)14-16-31(24,2)29(26)15-17-32(27,28)3/h23-29,33H,5-22H2,1-4H3.